The Morgan fingerprint density at radius 1 is 1.21 bits per heavy atom. The largest absolute Gasteiger partial charge is 0.354 e. The zero-order valence-corrected chi connectivity index (χ0v) is 19.9. The van der Waals surface area contributed by atoms with Crippen LogP contribution in [0.25, 0.3) is 0 Å². The Labute approximate surface area is 200 Å². The molecule has 1 aliphatic rings. The molecule has 0 radical (unpaired) electrons. The molecule has 4 rings (SSSR count). The third kappa shape index (κ3) is 5.65. The number of halogens is 1. The summed E-state index contributed by atoms with van der Waals surface area (Å²) in [6.45, 7) is 7.36. The number of carbonyl (C=O) groups is 2. The van der Waals surface area contributed by atoms with E-state index in [9.17, 15) is 9.59 Å². The van der Waals surface area contributed by atoms with Gasteiger partial charge in [0.1, 0.15) is 28.6 Å². The fourth-order valence-corrected chi connectivity index (χ4v) is 4.54. The quantitative estimate of drug-likeness (QED) is 0.490. The van der Waals surface area contributed by atoms with Crippen molar-refractivity contribution < 1.29 is 9.59 Å². The second-order valence-corrected chi connectivity index (χ2v) is 9.09. The van der Waals surface area contributed by atoms with Crippen LogP contribution in [0.1, 0.15) is 21.1 Å². The molecule has 1 aromatic carbocycles. The lowest BCUT2D eigenvalue weighted by Crippen LogP contribution is -2.47. The number of amides is 1. The van der Waals surface area contributed by atoms with E-state index in [0.29, 0.717) is 38.9 Å². The molecule has 0 atom stereocenters. The Bertz CT molecular complexity index is 1140. The van der Waals surface area contributed by atoms with Crippen LogP contribution in [0.5, 0.6) is 0 Å². The molecule has 1 aliphatic heterocycles. The smallest absolute Gasteiger partial charge is 0.267 e. The van der Waals surface area contributed by atoms with Crippen LogP contribution in [-0.4, -0.2) is 64.8 Å². The van der Waals surface area contributed by atoms with Gasteiger partial charge in [0, 0.05) is 32.2 Å². The van der Waals surface area contributed by atoms with E-state index in [1.165, 1.54) is 17.5 Å². The van der Waals surface area contributed by atoms with Gasteiger partial charge in [-0.05, 0) is 25.5 Å². The Hall–Kier alpha value is -3.08. The van der Waals surface area contributed by atoms with Crippen LogP contribution in [0.4, 0.5) is 22.5 Å². The average molecular weight is 486 g/mol. The molecule has 1 fully saturated rings. The fraction of sp³-hybridized carbons (Fsp3) is 0.318. The van der Waals surface area contributed by atoms with E-state index < -0.39 is 0 Å². The van der Waals surface area contributed by atoms with Crippen molar-refractivity contribution in [2.24, 2.45) is 0 Å². The number of hydrogen-bond donors (Lipinski definition) is 2. The number of carbonyl (C=O) groups excluding carboxylic acids is 2. The zero-order valence-electron chi connectivity index (χ0n) is 18.3. The molecular weight excluding hydrogens is 462 g/mol. The first-order valence-electron chi connectivity index (χ1n) is 10.5. The van der Waals surface area contributed by atoms with Crippen molar-refractivity contribution in [1.82, 2.24) is 19.9 Å². The van der Waals surface area contributed by atoms with E-state index in [0.717, 1.165) is 43.8 Å². The Morgan fingerprint density at radius 3 is 2.73 bits per heavy atom. The number of nitrogens with one attached hydrogen (secondary N) is 2. The summed E-state index contributed by atoms with van der Waals surface area (Å²) in [5.41, 5.74) is 1.48. The lowest BCUT2D eigenvalue weighted by Gasteiger charge is -2.34. The Balaban J connectivity index is 1.44. The van der Waals surface area contributed by atoms with Crippen molar-refractivity contribution in [3.05, 3.63) is 51.7 Å². The maximum Gasteiger partial charge on any atom is 0.267 e. The highest BCUT2D eigenvalue weighted by Gasteiger charge is 2.19. The fourth-order valence-electron chi connectivity index (χ4n) is 3.55. The van der Waals surface area contributed by atoms with Crippen LogP contribution >= 0.6 is 22.9 Å². The monoisotopic (exact) mass is 485 g/mol. The van der Waals surface area contributed by atoms with Gasteiger partial charge in [0.2, 0.25) is 0 Å². The van der Waals surface area contributed by atoms with Crippen molar-refractivity contribution in [3.8, 4) is 0 Å². The standard InChI is InChI=1S/C22H24ClN7O2S/c1-14-4-3-5-16(23)20(14)28-21(32)17-13-24-22(33-17)27-18-12-19(26-15(2)25-18)30-8-6-29(7-9-30)10-11-31/h3-5,11-13H,6-10H2,1-2H3,(H,28,32)(H,24,25,26,27). The highest BCUT2D eigenvalue weighted by molar-refractivity contribution is 7.17. The van der Waals surface area contributed by atoms with Crippen molar-refractivity contribution >= 4 is 57.6 Å². The van der Waals surface area contributed by atoms with Gasteiger partial charge in [-0.3, -0.25) is 9.69 Å². The van der Waals surface area contributed by atoms with Crippen LogP contribution < -0.4 is 15.5 Å². The predicted octanol–water partition coefficient (Wildman–Crippen LogP) is 3.52. The third-order valence-electron chi connectivity index (χ3n) is 5.28. The first-order valence-corrected chi connectivity index (χ1v) is 11.7. The number of piperazine rings is 1. The highest BCUT2D eigenvalue weighted by atomic mass is 35.5. The van der Waals surface area contributed by atoms with E-state index in [1.807, 2.05) is 32.0 Å². The number of aryl methyl sites for hydroxylation is 2. The molecule has 0 spiro atoms. The molecule has 11 heteroatoms. The Morgan fingerprint density at radius 2 is 2.00 bits per heavy atom. The van der Waals surface area contributed by atoms with Crippen molar-refractivity contribution in [2.75, 3.05) is 48.3 Å². The van der Waals surface area contributed by atoms with Gasteiger partial charge in [-0.15, -0.1) is 0 Å². The normalized spacial score (nSPS) is 14.2. The summed E-state index contributed by atoms with van der Waals surface area (Å²) in [7, 11) is 0. The summed E-state index contributed by atoms with van der Waals surface area (Å²) in [5.74, 6) is 1.79. The SMILES string of the molecule is Cc1nc(Nc2ncc(C(=O)Nc3c(C)cccc3Cl)s2)cc(N2CCN(CC=O)CC2)n1. The van der Waals surface area contributed by atoms with Crippen LogP contribution in [0, 0.1) is 13.8 Å². The number of para-hydroxylation sites is 1. The first-order chi connectivity index (χ1) is 15.9. The maximum atomic E-state index is 12.7. The van der Waals surface area contributed by atoms with E-state index in [-0.39, 0.29) is 5.91 Å². The molecule has 33 heavy (non-hydrogen) atoms. The molecule has 1 saturated heterocycles. The lowest BCUT2D eigenvalue weighted by molar-refractivity contribution is -0.108. The minimum Gasteiger partial charge on any atom is -0.354 e. The summed E-state index contributed by atoms with van der Waals surface area (Å²) in [5, 5.41) is 7.08. The van der Waals surface area contributed by atoms with Crippen molar-refractivity contribution in [1.29, 1.82) is 0 Å². The van der Waals surface area contributed by atoms with E-state index in [2.05, 4.69) is 35.4 Å². The molecule has 0 aliphatic carbocycles. The maximum absolute atomic E-state index is 12.7. The number of rotatable bonds is 7. The van der Waals surface area contributed by atoms with Crippen LogP contribution in [-0.2, 0) is 4.79 Å². The van der Waals surface area contributed by atoms with Gasteiger partial charge in [0.25, 0.3) is 5.91 Å². The second-order valence-electron chi connectivity index (χ2n) is 7.65. The number of hydrogen-bond acceptors (Lipinski definition) is 9. The van der Waals surface area contributed by atoms with Crippen LogP contribution in [0.15, 0.2) is 30.5 Å². The number of nitrogens with zero attached hydrogens (tertiary/aromatic N) is 5. The summed E-state index contributed by atoms with van der Waals surface area (Å²) in [4.78, 5) is 41.5. The molecule has 9 nitrogen and oxygen atoms in total. The number of thiazole rings is 1. The minimum atomic E-state index is -0.274. The summed E-state index contributed by atoms with van der Waals surface area (Å²) in [6.07, 6.45) is 2.46. The molecule has 0 unspecified atom stereocenters. The molecule has 1 amide bonds. The van der Waals surface area contributed by atoms with E-state index in [4.69, 9.17) is 11.6 Å². The van der Waals surface area contributed by atoms with E-state index >= 15 is 0 Å². The molecule has 0 saturated carbocycles. The number of aldehydes is 1. The van der Waals surface area contributed by atoms with Gasteiger partial charge in [-0.2, -0.15) is 0 Å². The second kappa shape index (κ2) is 10.2. The average Bonchev–Trinajstić information content (AvgIpc) is 3.25. The van der Waals surface area contributed by atoms with Crippen LogP contribution in [0.3, 0.4) is 0 Å². The third-order valence-corrected chi connectivity index (χ3v) is 6.50. The lowest BCUT2D eigenvalue weighted by atomic mass is 10.2. The number of aromatic nitrogens is 3. The molecule has 2 N–H and O–H groups in total. The molecular formula is C22H24ClN7O2S. The first kappa shape index (κ1) is 23.1. The minimum absolute atomic E-state index is 0.274. The molecule has 172 valence electrons. The van der Waals surface area contributed by atoms with E-state index in [1.54, 1.807) is 6.07 Å². The molecule has 0 bridgehead atoms. The van der Waals surface area contributed by atoms with Crippen molar-refractivity contribution in [3.63, 3.8) is 0 Å². The predicted molar refractivity (Wildman–Crippen MR) is 131 cm³/mol. The topological polar surface area (TPSA) is 103 Å². The van der Waals surface area contributed by atoms with Gasteiger partial charge in [-0.1, -0.05) is 35.1 Å². The van der Waals surface area contributed by atoms with Gasteiger partial charge >= 0.3 is 0 Å². The number of benzene rings is 1. The Kier molecular flexibility index (Phi) is 7.17. The molecule has 2 aromatic heterocycles. The van der Waals surface area contributed by atoms with Gasteiger partial charge in [0.05, 0.1) is 23.5 Å². The number of anilines is 4. The summed E-state index contributed by atoms with van der Waals surface area (Å²) in [6, 6.07) is 7.33. The zero-order chi connectivity index (χ0) is 23.4. The van der Waals surface area contributed by atoms with Crippen LogP contribution in [0.2, 0.25) is 5.02 Å². The van der Waals surface area contributed by atoms with Gasteiger partial charge < -0.3 is 20.3 Å². The van der Waals surface area contributed by atoms with Crippen molar-refractivity contribution in [2.45, 2.75) is 13.8 Å². The van der Waals surface area contributed by atoms with Gasteiger partial charge in [-0.25, -0.2) is 15.0 Å². The molecule has 3 heterocycles. The summed E-state index contributed by atoms with van der Waals surface area (Å²) < 4.78 is 0. The summed E-state index contributed by atoms with van der Waals surface area (Å²) >= 11 is 7.44. The van der Waals surface area contributed by atoms with Gasteiger partial charge in [0.15, 0.2) is 5.13 Å². The highest BCUT2D eigenvalue weighted by Crippen LogP contribution is 2.28. The molecule has 3 aromatic rings.